The fraction of sp³-hybridized carbons (Fsp3) is 0.176. The van der Waals surface area contributed by atoms with E-state index in [9.17, 15) is 14.7 Å². The molecule has 0 fully saturated rings. The van der Waals surface area contributed by atoms with Crippen LogP contribution in [0.25, 0.3) is 33.6 Å². The Morgan fingerprint density at radius 2 is 1.13 bits per heavy atom. The zero-order valence-electron chi connectivity index (χ0n) is 38.6. The number of hydrogen-bond acceptors (Lipinski definition) is 13. The van der Waals surface area contributed by atoms with E-state index in [0.29, 0.717) is 36.6 Å². The van der Waals surface area contributed by atoms with Gasteiger partial charge < -0.3 is 30.5 Å². The Hall–Kier alpha value is -5.98. The molecule has 18 heteroatoms. The van der Waals surface area contributed by atoms with Gasteiger partial charge in [-0.15, -0.1) is 22.7 Å². The van der Waals surface area contributed by atoms with Crippen molar-refractivity contribution in [2.45, 2.75) is 53.4 Å². The fourth-order valence-corrected chi connectivity index (χ4v) is 9.24. The number of carbonyl (C=O) groups excluding carboxylic acids is 1. The van der Waals surface area contributed by atoms with Gasteiger partial charge in [0, 0.05) is 53.4 Å². The number of rotatable bonds is 12. The minimum atomic E-state index is -1.34. The van der Waals surface area contributed by atoms with Crippen LogP contribution in [-0.4, -0.2) is 61.3 Å². The Bertz CT molecular complexity index is 3070. The number of aryl methyl sites for hydroxylation is 2. The Morgan fingerprint density at radius 1 is 0.652 bits per heavy atom. The molecule has 0 atom stereocenters. The Morgan fingerprint density at radius 3 is 1.57 bits per heavy atom. The van der Waals surface area contributed by atoms with Crippen LogP contribution in [0, 0.1) is 13.8 Å². The molecule has 4 aromatic carbocycles. The maximum Gasteiger partial charge on any atom is 0.488 e. The molecule has 0 aliphatic heterocycles. The number of hydrogen-bond donors (Lipinski definition) is 5. The third-order valence-corrected chi connectivity index (χ3v) is 14.1. The molecule has 0 spiro atoms. The summed E-state index contributed by atoms with van der Waals surface area (Å²) >= 11 is 18.7. The number of thiazole rings is 2. The van der Waals surface area contributed by atoms with Gasteiger partial charge in [0.05, 0.1) is 18.5 Å². The van der Waals surface area contributed by atoms with E-state index in [2.05, 4.69) is 64.2 Å². The molecule has 0 radical (unpaired) electrons. The van der Waals surface area contributed by atoms with Crippen LogP contribution in [0.2, 0.25) is 10.0 Å². The van der Waals surface area contributed by atoms with Gasteiger partial charge in [-0.05, 0) is 100 Å². The van der Waals surface area contributed by atoms with Crippen LogP contribution in [-0.2, 0) is 4.74 Å². The highest BCUT2D eigenvalue weighted by Crippen LogP contribution is 2.40. The number of methoxy groups -OCH3 is 1. The Kier molecular flexibility index (Phi) is 18.3. The summed E-state index contributed by atoms with van der Waals surface area (Å²) in [5.74, 6) is -0.311. The van der Waals surface area contributed by atoms with Gasteiger partial charge >= 0.3 is 19.1 Å². The van der Waals surface area contributed by atoms with Crippen LogP contribution in [0.15, 0.2) is 126 Å². The van der Waals surface area contributed by atoms with Crippen LogP contribution >= 0.6 is 61.8 Å². The number of pyridine rings is 2. The van der Waals surface area contributed by atoms with E-state index in [-0.39, 0.29) is 23.2 Å². The molecule has 8 aromatic rings. The normalized spacial score (nSPS) is 10.8. The highest BCUT2D eigenvalue weighted by atomic mass is 79.9. The lowest BCUT2D eigenvalue weighted by Crippen LogP contribution is -2.29. The van der Waals surface area contributed by atoms with Gasteiger partial charge in [-0.25, -0.2) is 29.5 Å². The van der Waals surface area contributed by atoms with Crippen molar-refractivity contribution in [2.24, 2.45) is 0 Å². The van der Waals surface area contributed by atoms with Crippen LogP contribution in [0.5, 0.6) is 0 Å². The van der Waals surface area contributed by atoms with Gasteiger partial charge in [-0.2, -0.15) is 0 Å². The first kappa shape index (κ1) is 52.4. The number of aromatic nitrogens is 4. The number of nitrogens with zero attached hydrogens (tertiary/aromatic N) is 4. The van der Waals surface area contributed by atoms with E-state index in [0.717, 1.165) is 59.5 Å². The molecule has 0 saturated heterocycles. The lowest BCUT2D eigenvalue weighted by molar-refractivity contribution is 0.0600. The van der Waals surface area contributed by atoms with E-state index in [1.165, 1.54) is 18.4 Å². The first-order valence-electron chi connectivity index (χ1n) is 21.5. The minimum Gasteiger partial charge on any atom is -0.478 e. The standard InChI is InChI=1S/C25H22ClN3O2S.C20H19BrClN3O2S.C6H7BO2/c1-14(2)22-21(17-9-10-20(26)15(3)11-17)28-25(32-22)29-23-19(24(30)31)12-18(13-27-23)16-7-5-4-6-8-16;1-10(2)17-16(12-5-6-15(22)11(3)7-12)24-20(28-17)25-18-14(19(26)27-4)8-13(21)9-23-18;8-7(9)6-4-2-1-3-5-6/h4-14H,1-3H3,(H,30,31)(H,27,28,29);5-10H,1-4H3,(H,23,24,25);1-5,8-9H. The van der Waals surface area contributed by atoms with E-state index in [4.69, 9.17) is 48.0 Å². The highest BCUT2D eigenvalue weighted by molar-refractivity contribution is 9.10. The number of carboxylic acid groups (broad SMARTS) is 1. The van der Waals surface area contributed by atoms with Crippen LogP contribution in [0.4, 0.5) is 21.9 Å². The first-order valence-corrected chi connectivity index (χ1v) is 24.6. The summed E-state index contributed by atoms with van der Waals surface area (Å²) < 4.78 is 5.55. The average molecular weight is 1070 g/mol. The van der Waals surface area contributed by atoms with Crippen molar-refractivity contribution in [1.82, 2.24) is 19.9 Å². The summed E-state index contributed by atoms with van der Waals surface area (Å²) in [4.78, 5) is 44.6. The Balaban J connectivity index is 0.000000193. The predicted octanol–water partition coefficient (Wildman–Crippen LogP) is 13.3. The molecule has 69 heavy (non-hydrogen) atoms. The van der Waals surface area contributed by atoms with Crippen molar-refractivity contribution in [3.63, 3.8) is 0 Å². The monoisotopic (exact) mass is 1060 g/mol. The molecule has 8 rings (SSSR count). The number of aromatic carboxylic acids is 1. The lowest BCUT2D eigenvalue weighted by atomic mass is 9.81. The molecule has 12 nitrogen and oxygen atoms in total. The zero-order chi connectivity index (χ0) is 49.9. The molecular formula is C51H48BBrCl2N6O6S2. The average Bonchev–Trinajstić information content (AvgIpc) is 3.97. The summed E-state index contributed by atoms with van der Waals surface area (Å²) in [5.41, 5.74) is 8.34. The van der Waals surface area contributed by atoms with Gasteiger partial charge in [0.2, 0.25) is 0 Å². The number of halogens is 3. The molecule has 5 N–H and O–H groups in total. The van der Waals surface area contributed by atoms with Gasteiger partial charge in [0.15, 0.2) is 10.3 Å². The third kappa shape index (κ3) is 13.6. The molecule has 0 aliphatic rings. The van der Waals surface area contributed by atoms with Crippen molar-refractivity contribution in [3.8, 4) is 33.6 Å². The highest BCUT2D eigenvalue weighted by Gasteiger charge is 2.22. The van der Waals surface area contributed by atoms with E-state index >= 15 is 0 Å². The lowest BCUT2D eigenvalue weighted by Gasteiger charge is -2.08. The van der Waals surface area contributed by atoms with Gasteiger partial charge in [0.1, 0.15) is 22.8 Å². The summed E-state index contributed by atoms with van der Waals surface area (Å²) in [6.45, 7) is 12.4. The molecule has 0 unspecified atom stereocenters. The fourth-order valence-electron chi connectivity index (χ4n) is 6.70. The van der Waals surface area contributed by atoms with Gasteiger partial charge in [-0.1, -0.05) is 124 Å². The van der Waals surface area contributed by atoms with Crippen molar-refractivity contribution >= 4 is 108 Å². The maximum atomic E-state index is 12.1. The number of carbonyl (C=O) groups is 2. The summed E-state index contributed by atoms with van der Waals surface area (Å²) in [6, 6.07) is 33.3. The third-order valence-electron chi connectivity index (χ3n) is 10.3. The molecule has 4 heterocycles. The molecule has 0 bridgehead atoms. The number of ether oxygens (including phenoxy) is 1. The molecule has 354 valence electrons. The van der Waals surface area contributed by atoms with Gasteiger partial charge in [0.25, 0.3) is 0 Å². The topological polar surface area (TPSA) is 180 Å². The molecular weight excluding hydrogens is 1020 g/mol. The van der Waals surface area contributed by atoms with E-state index < -0.39 is 19.1 Å². The minimum absolute atomic E-state index is 0.0940. The number of anilines is 4. The molecule has 0 amide bonds. The van der Waals surface area contributed by atoms with Crippen molar-refractivity contribution < 1.29 is 29.5 Å². The van der Waals surface area contributed by atoms with Crippen molar-refractivity contribution in [3.05, 3.63) is 168 Å². The van der Waals surface area contributed by atoms with Crippen LogP contribution < -0.4 is 16.1 Å². The quantitative estimate of drug-likeness (QED) is 0.0578. The molecule has 4 aromatic heterocycles. The smallest absolute Gasteiger partial charge is 0.478 e. The first-order chi connectivity index (χ1) is 32.9. The summed E-state index contributed by atoms with van der Waals surface area (Å²) in [7, 11) is 0.0000373. The number of esters is 1. The van der Waals surface area contributed by atoms with Crippen molar-refractivity contribution in [1.29, 1.82) is 0 Å². The van der Waals surface area contributed by atoms with Crippen LogP contribution in [0.1, 0.15) is 81.1 Å². The van der Waals surface area contributed by atoms with E-state index in [1.807, 2.05) is 86.6 Å². The number of carboxylic acids is 1. The molecule has 0 saturated carbocycles. The van der Waals surface area contributed by atoms with Crippen molar-refractivity contribution in [2.75, 3.05) is 17.7 Å². The Labute approximate surface area is 427 Å². The number of nitrogens with one attached hydrogen (secondary N) is 2. The second-order valence-corrected chi connectivity index (χ2v) is 19.9. The zero-order valence-corrected chi connectivity index (χ0v) is 43.3. The largest absolute Gasteiger partial charge is 0.488 e. The van der Waals surface area contributed by atoms with Crippen LogP contribution in [0.3, 0.4) is 0 Å². The number of benzene rings is 4. The maximum absolute atomic E-state index is 12.1. The predicted molar refractivity (Wildman–Crippen MR) is 286 cm³/mol. The second kappa shape index (κ2) is 24.0. The summed E-state index contributed by atoms with van der Waals surface area (Å²) in [6.07, 6.45) is 3.29. The summed E-state index contributed by atoms with van der Waals surface area (Å²) in [5, 5.41) is 35.9. The van der Waals surface area contributed by atoms with E-state index in [1.54, 1.807) is 60.1 Å². The van der Waals surface area contributed by atoms with Gasteiger partial charge in [-0.3, -0.25) is 0 Å². The second-order valence-electron chi connectivity index (χ2n) is 16.1. The SMILES string of the molecule is COC(=O)c1cc(Br)cnc1Nc1nc(-c2ccc(Cl)c(C)c2)c(C(C)C)s1.Cc1cc(-c2nc(Nc3ncc(-c4ccccc4)cc3C(=O)O)sc2C(C)C)ccc1Cl.OB(O)c1ccccc1. The molecule has 0 aliphatic carbocycles.